The Hall–Kier alpha value is -3.64. The van der Waals surface area contributed by atoms with Crippen LogP contribution in [0.3, 0.4) is 0 Å². The van der Waals surface area contributed by atoms with Crippen LogP contribution in [-0.4, -0.2) is 45.7 Å². The third kappa shape index (κ3) is 5.76. The molecule has 5 nitrogen and oxygen atoms in total. The van der Waals surface area contributed by atoms with Crippen LogP contribution in [0.2, 0.25) is 0 Å². The number of thioether (sulfide) groups is 1. The third-order valence-electron chi connectivity index (χ3n) is 7.56. The summed E-state index contributed by atoms with van der Waals surface area (Å²) in [7, 11) is 1.93. The molecular weight excluding hydrogens is 490 g/mol. The fraction of sp³-hybridized carbons (Fsp3) is 0.281. The molecule has 0 bridgehead atoms. The monoisotopic (exact) mass is 523 g/mol. The molecule has 0 saturated carbocycles. The van der Waals surface area contributed by atoms with Crippen molar-refractivity contribution in [1.29, 1.82) is 0 Å². The molecule has 0 N–H and O–H groups in total. The Bertz CT molecular complexity index is 1430. The van der Waals surface area contributed by atoms with Crippen molar-refractivity contribution in [3.8, 4) is 11.1 Å². The average molecular weight is 524 g/mol. The van der Waals surface area contributed by atoms with E-state index in [1.807, 2.05) is 84.7 Å². The van der Waals surface area contributed by atoms with Crippen molar-refractivity contribution in [3.63, 3.8) is 0 Å². The summed E-state index contributed by atoms with van der Waals surface area (Å²) in [5.41, 5.74) is 6.92. The number of amides is 1. The topological polar surface area (TPSA) is 55.2 Å². The van der Waals surface area contributed by atoms with Gasteiger partial charge in [0.05, 0.1) is 6.20 Å². The van der Waals surface area contributed by atoms with Gasteiger partial charge in [0.25, 0.3) is 5.91 Å². The normalized spacial score (nSPS) is 14.0. The molecule has 0 atom stereocenters. The van der Waals surface area contributed by atoms with Crippen LogP contribution in [0.25, 0.3) is 11.1 Å². The van der Waals surface area contributed by atoms with Crippen LogP contribution in [0.5, 0.6) is 0 Å². The third-order valence-corrected chi connectivity index (χ3v) is 8.31. The van der Waals surface area contributed by atoms with Gasteiger partial charge in [-0.05, 0) is 78.5 Å². The van der Waals surface area contributed by atoms with Crippen LogP contribution in [-0.2, 0) is 13.5 Å². The van der Waals surface area contributed by atoms with Crippen molar-refractivity contribution in [2.45, 2.75) is 37.0 Å². The maximum absolute atomic E-state index is 13.4. The molecule has 1 saturated heterocycles. The van der Waals surface area contributed by atoms with E-state index >= 15 is 0 Å². The lowest BCUT2D eigenvalue weighted by Gasteiger charge is -2.32. The molecule has 0 spiro atoms. The highest BCUT2D eigenvalue weighted by molar-refractivity contribution is 7.98. The quantitative estimate of drug-likeness (QED) is 0.203. The number of nitrogens with zero attached hydrogens (tertiary/aromatic N) is 3. The molecule has 0 aliphatic carbocycles. The fourth-order valence-corrected chi connectivity index (χ4v) is 5.57. The second-order valence-electron chi connectivity index (χ2n) is 10.1. The second kappa shape index (κ2) is 11.4. The summed E-state index contributed by atoms with van der Waals surface area (Å²) < 4.78 is 1.81. The smallest absolute Gasteiger partial charge is 0.253 e. The fourth-order valence-electron chi connectivity index (χ4n) is 5.16. The molecule has 0 unspecified atom stereocenters. The number of carbonyl (C=O) groups excluding carboxylic acids is 2. The van der Waals surface area contributed by atoms with E-state index in [1.165, 1.54) is 11.1 Å². The lowest BCUT2D eigenvalue weighted by Crippen LogP contribution is -2.38. The number of hydrogen-bond donors (Lipinski definition) is 0. The summed E-state index contributed by atoms with van der Waals surface area (Å²) in [6, 6.07) is 22.2. The van der Waals surface area contributed by atoms with E-state index in [4.69, 9.17) is 0 Å². The van der Waals surface area contributed by atoms with Gasteiger partial charge in [-0.25, -0.2) is 0 Å². The highest BCUT2D eigenvalue weighted by Gasteiger charge is 2.25. The lowest BCUT2D eigenvalue weighted by atomic mass is 9.88. The van der Waals surface area contributed by atoms with Gasteiger partial charge in [0.15, 0.2) is 5.78 Å². The number of piperidine rings is 1. The van der Waals surface area contributed by atoms with Gasteiger partial charge in [0.2, 0.25) is 0 Å². The maximum atomic E-state index is 13.4. The van der Waals surface area contributed by atoms with Crippen molar-refractivity contribution >= 4 is 23.5 Å². The van der Waals surface area contributed by atoms with Crippen LogP contribution in [0, 0.1) is 6.92 Å². The Morgan fingerprint density at radius 3 is 2.24 bits per heavy atom. The van der Waals surface area contributed by atoms with Gasteiger partial charge in [-0.2, -0.15) is 5.10 Å². The molecular formula is C32H33N3O2S. The van der Waals surface area contributed by atoms with E-state index < -0.39 is 0 Å². The summed E-state index contributed by atoms with van der Waals surface area (Å²) in [5.74, 6) is 0.569. The van der Waals surface area contributed by atoms with Gasteiger partial charge in [-0.15, -0.1) is 11.8 Å². The Balaban J connectivity index is 1.21. The molecule has 1 fully saturated rings. The van der Waals surface area contributed by atoms with Gasteiger partial charge in [0.1, 0.15) is 0 Å². The first-order valence-corrected chi connectivity index (χ1v) is 14.3. The summed E-state index contributed by atoms with van der Waals surface area (Å²) in [6.45, 7) is 3.47. The predicted octanol–water partition coefficient (Wildman–Crippen LogP) is 6.56. The van der Waals surface area contributed by atoms with Crippen LogP contribution < -0.4 is 0 Å². The number of hydrogen-bond acceptors (Lipinski definition) is 4. The first-order chi connectivity index (χ1) is 18.4. The molecule has 5 rings (SSSR count). The SMILES string of the molecule is CSc1ccc(C(=O)Cc2cc(C(=O)N3CCC(c4ccc(-c5cnn(C)c5)cc4)CC3)ccc2C)cc1. The van der Waals surface area contributed by atoms with E-state index in [-0.39, 0.29) is 11.7 Å². The summed E-state index contributed by atoms with van der Waals surface area (Å²) in [6.07, 6.45) is 8.11. The van der Waals surface area contributed by atoms with Crippen molar-refractivity contribution < 1.29 is 9.59 Å². The molecule has 4 aromatic rings. The zero-order chi connectivity index (χ0) is 26.6. The molecule has 3 aromatic carbocycles. The minimum absolute atomic E-state index is 0.0494. The summed E-state index contributed by atoms with van der Waals surface area (Å²) in [4.78, 5) is 29.4. The zero-order valence-corrected chi connectivity index (χ0v) is 23.0. The number of benzene rings is 3. The zero-order valence-electron chi connectivity index (χ0n) is 22.2. The number of Topliss-reactive ketones (excluding diaryl/α,β-unsaturated/α-hetero) is 1. The van der Waals surface area contributed by atoms with Crippen LogP contribution in [0.1, 0.15) is 56.2 Å². The molecule has 1 aliphatic rings. The highest BCUT2D eigenvalue weighted by Crippen LogP contribution is 2.30. The van der Waals surface area contributed by atoms with E-state index in [2.05, 4.69) is 29.4 Å². The highest BCUT2D eigenvalue weighted by atomic mass is 32.2. The minimum atomic E-state index is 0.0494. The molecule has 1 aliphatic heterocycles. The van der Waals surface area contributed by atoms with Gasteiger partial charge in [-0.1, -0.05) is 42.5 Å². The minimum Gasteiger partial charge on any atom is -0.339 e. The Labute approximate surface area is 228 Å². The van der Waals surface area contributed by atoms with Crippen molar-refractivity contribution in [2.24, 2.45) is 7.05 Å². The molecule has 2 heterocycles. The number of aryl methyl sites for hydroxylation is 2. The summed E-state index contributed by atoms with van der Waals surface area (Å²) in [5, 5.41) is 4.26. The Kier molecular flexibility index (Phi) is 7.79. The first kappa shape index (κ1) is 26.0. The average Bonchev–Trinajstić information content (AvgIpc) is 3.40. The number of rotatable bonds is 7. The Morgan fingerprint density at radius 1 is 0.921 bits per heavy atom. The van der Waals surface area contributed by atoms with E-state index in [0.717, 1.165) is 47.5 Å². The molecule has 0 radical (unpaired) electrons. The molecule has 1 amide bonds. The lowest BCUT2D eigenvalue weighted by molar-refractivity contribution is 0.0712. The Morgan fingerprint density at radius 2 is 1.61 bits per heavy atom. The van der Waals surface area contributed by atoms with Crippen molar-refractivity contribution in [3.05, 3.63) is 107 Å². The van der Waals surface area contributed by atoms with Gasteiger partial charge in [-0.3, -0.25) is 14.3 Å². The second-order valence-corrected chi connectivity index (χ2v) is 10.9. The predicted molar refractivity (Wildman–Crippen MR) is 154 cm³/mol. The maximum Gasteiger partial charge on any atom is 0.253 e. The number of aromatic nitrogens is 2. The molecule has 194 valence electrons. The van der Waals surface area contributed by atoms with Crippen LogP contribution in [0.15, 0.2) is 84.0 Å². The number of likely N-dealkylation sites (tertiary alicyclic amines) is 1. The number of ketones is 1. The van der Waals surface area contributed by atoms with E-state index in [0.29, 0.717) is 23.5 Å². The molecule has 38 heavy (non-hydrogen) atoms. The van der Waals surface area contributed by atoms with Gasteiger partial charge < -0.3 is 4.90 Å². The molecule has 1 aromatic heterocycles. The van der Waals surface area contributed by atoms with E-state index in [1.54, 1.807) is 11.8 Å². The summed E-state index contributed by atoms with van der Waals surface area (Å²) >= 11 is 1.66. The van der Waals surface area contributed by atoms with Crippen molar-refractivity contribution in [1.82, 2.24) is 14.7 Å². The number of carbonyl (C=O) groups is 2. The van der Waals surface area contributed by atoms with Crippen molar-refractivity contribution in [2.75, 3.05) is 19.3 Å². The molecule has 6 heteroatoms. The van der Waals surface area contributed by atoms with Crippen LogP contribution >= 0.6 is 11.8 Å². The standard InChI is InChI=1S/C32H33N3O2S/c1-22-4-5-27(18-28(22)19-31(36)26-10-12-30(38-3)13-11-26)32(37)35-16-14-25(15-17-35)23-6-8-24(9-7-23)29-20-33-34(2)21-29/h4-13,18,20-21,25H,14-17,19H2,1-3H3. The van der Waals surface area contributed by atoms with E-state index in [9.17, 15) is 9.59 Å². The first-order valence-electron chi connectivity index (χ1n) is 13.1. The largest absolute Gasteiger partial charge is 0.339 e. The van der Waals surface area contributed by atoms with Gasteiger partial charge in [0, 0.05) is 54.3 Å². The van der Waals surface area contributed by atoms with Gasteiger partial charge >= 0.3 is 0 Å². The van der Waals surface area contributed by atoms with Crippen LogP contribution in [0.4, 0.5) is 0 Å².